The van der Waals surface area contributed by atoms with Gasteiger partial charge in [-0.25, -0.2) is 14.5 Å². The summed E-state index contributed by atoms with van der Waals surface area (Å²) in [5.41, 5.74) is 1.81. The average Bonchev–Trinajstić information content (AvgIpc) is 3.32. The largest absolute Gasteiger partial charge is 0.452 e. The highest BCUT2D eigenvalue weighted by Gasteiger charge is 2.20. The highest BCUT2D eigenvalue weighted by molar-refractivity contribution is 7.09. The fourth-order valence-electron chi connectivity index (χ4n) is 2.74. The van der Waals surface area contributed by atoms with Crippen LogP contribution in [0, 0.1) is 0 Å². The number of esters is 1. The van der Waals surface area contributed by atoms with Crippen LogP contribution >= 0.6 is 11.3 Å². The average molecular weight is 401 g/mol. The number of carbonyl (C=O) groups excluding carboxylic acids is 2. The standard InChI is InChI=1S/C20H24N4O3S/c1-12(2)17-8-15(16-10-22-24(13(3)4)19(16)23-17)20(26)27-11-18(25)21-9-14-6-5-7-28-14/h5-8,10,12-13H,9,11H2,1-4H3,(H,21,25). The number of fused-ring (bicyclic) bond motifs is 1. The van der Waals surface area contributed by atoms with Crippen molar-refractivity contribution in [2.45, 2.75) is 46.2 Å². The summed E-state index contributed by atoms with van der Waals surface area (Å²) in [7, 11) is 0. The second-order valence-electron chi connectivity index (χ2n) is 7.10. The number of nitrogens with zero attached hydrogens (tertiary/aromatic N) is 3. The van der Waals surface area contributed by atoms with Gasteiger partial charge in [-0.2, -0.15) is 5.10 Å². The maximum absolute atomic E-state index is 12.7. The first-order valence-electron chi connectivity index (χ1n) is 9.21. The van der Waals surface area contributed by atoms with Crippen LogP contribution < -0.4 is 5.32 Å². The van der Waals surface area contributed by atoms with Gasteiger partial charge in [-0.05, 0) is 37.3 Å². The Morgan fingerprint density at radius 2 is 2.07 bits per heavy atom. The van der Waals surface area contributed by atoms with Gasteiger partial charge in [0, 0.05) is 16.6 Å². The summed E-state index contributed by atoms with van der Waals surface area (Å²) in [5, 5.41) is 9.67. The molecule has 0 fully saturated rings. The third kappa shape index (κ3) is 4.39. The third-order valence-electron chi connectivity index (χ3n) is 4.26. The molecule has 0 radical (unpaired) electrons. The van der Waals surface area contributed by atoms with Crippen LogP contribution in [0.3, 0.4) is 0 Å². The van der Waals surface area contributed by atoms with E-state index in [9.17, 15) is 9.59 Å². The van der Waals surface area contributed by atoms with Crippen molar-refractivity contribution in [1.82, 2.24) is 20.1 Å². The van der Waals surface area contributed by atoms with Gasteiger partial charge in [-0.1, -0.05) is 19.9 Å². The summed E-state index contributed by atoms with van der Waals surface area (Å²) >= 11 is 1.56. The van der Waals surface area contributed by atoms with Crippen LogP contribution in [0.4, 0.5) is 0 Å². The smallest absolute Gasteiger partial charge is 0.339 e. The van der Waals surface area contributed by atoms with Crippen molar-refractivity contribution in [3.05, 3.63) is 45.9 Å². The Balaban J connectivity index is 1.76. The van der Waals surface area contributed by atoms with E-state index >= 15 is 0 Å². The number of aromatic nitrogens is 3. The highest BCUT2D eigenvalue weighted by Crippen LogP contribution is 2.24. The predicted molar refractivity (Wildman–Crippen MR) is 108 cm³/mol. The van der Waals surface area contributed by atoms with E-state index in [0.29, 0.717) is 23.1 Å². The van der Waals surface area contributed by atoms with Crippen molar-refractivity contribution >= 4 is 34.2 Å². The van der Waals surface area contributed by atoms with Crippen molar-refractivity contribution in [3.8, 4) is 0 Å². The number of thiophene rings is 1. The number of nitrogens with one attached hydrogen (secondary N) is 1. The highest BCUT2D eigenvalue weighted by atomic mass is 32.1. The number of hydrogen-bond acceptors (Lipinski definition) is 6. The lowest BCUT2D eigenvalue weighted by Crippen LogP contribution is -2.28. The fourth-order valence-corrected chi connectivity index (χ4v) is 3.38. The van der Waals surface area contributed by atoms with Gasteiger partial charge in [0.1, 0.15) is 0 Å². The first-order valence-corrected chi connectivity index (χ1v) is 10.1. The maximum Gasteiger partial charge on any atom is 0.339 e. The summed E-state index contributed by atoms with van der Waals surface area (Å²) in [4.78, 5) is 30.4. The van der Waals surface area contributed by atoms with E-state index in [2.05, 4.69) is 15.4 Å². The summed E-state index contributed by atoms with van der Waals surface area (Å²) in [6.45, 7) is 8.13. The van der Waals surface area contributed by atoms with E-state index in [-0.39, 0.29) is 24.5 Å². The van der Waals surface area contributed by atoms with Crippen molar-refractivity contribution < 1.29 is 14.3 Å². The molecule has 0 aliphatic rings. The zero-order valence-electron chi connectivity index (χ0n) is 16.4. The number of hydrogen-bond donors (Lipinski definition) is 1. The lowest BCUT2D eigenvalue weighted by molar-refractivity contribution is -0.124. The molecule has 0 saturated heterocycles. The van der Waals surface area contributed by atoms with Gasteiger partial charge in [-0.3, -0.25) is 4.79 Å². The van der Waals surface area contributed by atoms with E-state index in [1.807, 2.05) is 45.2 Å². The molecule has 0 spiro atoms. The van der Waals surface area contributed by atoms with Gasteiger partial charge in [0.05, 0.1) is 23.7 Å². The Kier molecular flexibility index (Phi) is 6.08. The minimum absolute atomic E-state index is 0.110. The maximum atomic E-state index is 12.7. The lowest BCUT2D eigenvalue weighted by Gasteiger charge is -2.12. The van der Waals surface area contributed by atoms with E-state index in [4.69, 9.17) is 4.74 Å². The van der Waals surface area contributed by atoms with Crippen LogP contribution in [-0.4, -0.2) is 33.2 Å². The lowest BCUT2D eigenvalue weighted by atomic mass is 10.1. The van der Waals surface area contributed by atoms with E-state index in [1.165, 1.54) is 0 Å². The van der Waals surface area contributed by atoms with E-state index in [1.54, 1.807) is 28.3 Å². The number of pyridine rings is 1. The summed E-state index contributed by atoms with van der Waals surface area (Å²) in [5.74, 6) is -0.751. The van der Waals surface area contributed by atoms with Gasteiger partial charge >= 0.3 is 5.97 Å². The fraction of sp³-hybridized carbons (Fsp3) is 0.400. The Bertz CT molecular complexity index is 977. The minimum atomic E-state index is -0.552. The topological polar surface area (TPSA) is 86.1 Å². The molecule has 3 aromatic rings. The van der Waals surface area contributed by atoms with Gasteiger partial charge in [-0.15, -0.1) is 11.3 Å². The van der Waals surface area contributed by atoms with Gasteiger partial charge in [0.25, 0.3) is 5.91 Å². The molecule has 8 heteroatoms. The van der Waals surface area contributed by atoms with Crippen LogP contribution in [0.2, 0.25) is 0 Å². The number of ether oxygens (including phenoxy) is 1. The number of carbonyl (C=O) groups is 2. The molecule has 0 saturated carbocycles. The van der Waals surface area contributed by atoms with Crippen molar-refractivity contribution in [2.75, 3.05) is 6.61 Å². The van der Waals surface area contributed by atoms with Crippen molar-refractivity contribution in [3.63, 3.8) is 0 Å². The first-order chi connectivity index (χ1) is 13.4. The number of amides is 1. The van der Waals surface area contributed by atoms with Gasteiger partial charge in [0.15, 0.2) is 12.3 Å². The summed E-state index contributed by atoms with van der Waals surface area (Å²) in [6.07, 6.45) is 1.62. The normalized spacial score (nSPS) is 11.4. The Labute approximate surface area is 167 Å². The number of rotatable bonds is 7. The minimum Gasteiger partial charge on any atom is -0.452 e. The molecule has 0 aliphatic heterocycles. The molecular formula is C20H24N4O3S. The monoisotopic (exact) mass is 400 g/mol. The second-order valence-corrected chi connectivity index (χ2v) is 8.13. The third-order valence-corrected chi connectivity index (χ3v) is 5.14. The molecule has 1 amide bonds. The zero-order chi connectivity index (χ0) is 20.3. The molecule has 3 heterocycles. The Morgan fingerprint density at radius 3 is 2.71 bits per heavy atom. The molecule has 0 aromatic carbocycles. The summed E-state index contributed by atoms with van der Waals surface area (Å²) in [6, 6.07) is 5.69. The molecule has 148 valence electrons. The van der Waals surface area contributed by atoms with Crippen molar-refractivity contribution in [2.24, 2.45) is 0 Å². The first kappa shape index (κ1) is 20.0. The predicted octanol–water partition coefficient (Wildman–Crippen LogP) is 3.67. The van der Waals surface area contributed by atoms with Crippen molar-refractivity contribution in [1.29, 1.82) is 0 Å². The van der Waals surface area contributed by atoms with Crippen LogP contribution in [-0.2, 0) is 16.1 Å². The van der Waals surface area contributed by atoms with Crippen LogP contribution in [0.5, 0.6) is 0 Å². The molecular weight excluding hydrogens is 376 g/mol. The zero-order valence-corrected chi connectivity index (χ0v) is 17.2. The second kappa shape index (κ2) is 8.52. The molecule has 7 nitrogen and oxygen atoms in total. The van der Waals surface area contributed by atoms with E-state index < -0.39 is 5.97 Å². The molecule has 1 N–H and O–H groups in total. The molecule has 0 aliphatic carbocycles. The van der Waals surface area contributed by atoms with Crippen LogP contribution in [0.25, 0.3) is 11.0 Å². The van der Waals surface area contributed by atoms with E-state index in [0.717, 1.165) is 10.6 Å². The Morgan fingerprint density at radius 1 is 1.29 bits per heavy atom. The summed E-state index contributed by atoms with van der Waals surface area (Å²) < 4.78 is 7.04. The van der Waals surface area contributed by atoms with Crippen LogP contribution in [0.15, 0.2) is 29.8 Å². The molecule has 28 heavy (non-hydrogen) atoms. The van der Waals surface area contributed by atoms with Crippen LogP contribution in [0.1, 0.15) is 60.6 Å². The molecule has 0 unspecified atom stereocenters. The van der Waals surface area contributed by atoms with Gasteiger partial charge in [0.2, 0.25) is 0 Å². The SMILES string of the molecule is CC(C)c1cc(C(=O)OCC(=O)NCc2cccs2)c2cnn(C(C)C)c2n1. The molecule has 3 aromatic heterocycles. The Hall–Kier alpha value is -2.74. The molecule has 0 atom stereocenters. The van der Waals surface area contributed by atoms with Gasteiger partial charge < -0.3 is 10.1 Å². The molecule has 0 bridgehead atoms. The quantitative estimate of drug-likeness (QED) is 0.612. The molecule has 3 rings (SSSR count).